The van der Waals surface area contributed by atoms with Crippen LogP contribution in [0.15, 0.2) is 24.3 Å². The molecule has 0 bridgehead atoms. The average Bonchev–Trinajstić information content (AvgIpc) is 3.27. The van der Waals surface area contributed by atoms with Crippen molar-refractivity contribution < 1.29 is 39.5 Å². The highest BCUT2D eigenvalue weighted by Gasteiger charge is 2.39. The van der Waals surface area contributed by atoms with Gasteiger partial charge in [0.2, 0.25) is 0 Å². The Morgan fingerprint density at radius 2 is 1.47 bits per heavy atom. The summed E-state index contributed by atoms with van der Waals surface area (Å²) in [6.07, 6.45) is 22.0. The largest absolute Gasteiger partial charge is 0.462 e. The van der Waals surface area contributed by atoms with Crippen molar-refractivity contribution in [3.63, 3.8) is 0 Å². The summed E-state index contributed by atoms with van der Waals surface area (Å²) in [6.45, 7) is 6.11. The maximum atomic E-state index is 12.2. The fourth-order valence-electron chi connectivity index (χ4n) is 5.91. The number of hydrogen-bond donors (Lipinski definition) is 4. The summed E-state index contributed by atoms with van der Waals surface area (Å²) in [7, 11) is 0. The van der Waals surface area contributed by atoms with Crippen molar-refractivity contribution in [2.45, 2.75) is 167 Å². The molecule has 4 N–H and O–H groups in total. The number of ether oxygens (including phenoxy) is 2. The minimum Gasteiger partial charge on any atom is -0.462 e. The highest BCUT2D eigenvalue weighted by molar-refractivity contribution is 5.70. The van der Waals surface area contributed by atoms with Crippen LogP contribution in [0.2, 0.25) is 0 Å². The van der Waals surface area contributed by atoms with Crippen molar-refractivity contribution >= 4 is 11.9 Å². The Bertz CT molecular complexity index is 810. The molecule has 0 aromatic heterocycles. The van der Waals surface area contributed by atoms with E-state index in [1.807, 2.05) is 18.2 Å². The van der Waals surface area contributed by atoms with Gasteiger partial charge in [0.25, 0.3) is 0 Å². The third-order valence-corrected chi connectivity index (χ3v) is 8.75. The van der Waals surface area contributed by atoms with Gasteiger partial charge in [-0.2, -0.15) is 0 Å². The van der Waals surface area contributed by atoms with Crippen LogP contribution < -0.4 is 0 Å². The van der Waals surface area contributed by atoms with Crippen molar-refractivity contribution in [2.24, 2.45) is 17.8 Å². The Morgan fingerprint density at radius 3 is 2.13 bits per heavy atom. The Balaban J connectivity index is 2.19. The quantitative estimate of drug-likeness (QED) is 0.0431. The summed E-state index contributed by atoms with van der Waals surface area (Å²) in [4.78, 5) is 24.3. The summed E-state index contributed by atoms with van der Waals surface area (Å²) in [5, 5.41) is 40.6. The third-order valence-electron chi connectivity index (χ3n) is 8.75. The predicted octanol–water partition coefficient (Wildman–Crippen LogP) is 6.96. The Kier molecular flexibility index (Phi) is 24.2. The first-order valence-electron chi connectivity index (χ1n) is 18.0. The molecule has 0 heterocycles. The fraction of sp³-hybridized carbons (Fsp3) is 0.838. The molecule has 262 valence electrons. The van der Waals surface area contributed by atoms with Crippen LogP contribution in [0, 0.1) is 17.8 Å². The smallest absolute Gasteiger partial charge is 0.306 e. The first-order valence-corrected chi connectivity index (χ1v) is 18.0. The Hall–Kier alpha value is -1.74. The lowest BCUT2D eigenvalue weighted by molar-refractivity contribution is -0.161. The molecule has 0 saturated heterocycles. The number of esters is 2. The van der Waals surface area contributed by atoms with E-state index in [9.17, 15) is 30.0 Å². The normalized spacial score (nSPS) is 21.6. The molecule has 0 spiro atoms. The second kappa shape index (κ2) is 26.3. The molecule has 0 aromatic rings. The predicted molar refractivity (Wildman–Crippen MR) is 179 cm³/mol. The lowest BCUT2D eigenvalue weighted by Gasteiger charge is -2.19. The molecule has 6 atom stereocenters. The number of unbranched alkanes of at least 4 members (excludes halogenated alkanes) is 10. The zero-order valence-corrected chi connectivity index (χ0v) is 28.6. The lowest BCUT2D eigenvalue weighted by Crippen LogP contribution is -2.28. The molecule has 8 nitrogen and oxygen atoms in total. The molecule has 1 saturated carbocycles. The number of aliphatic hydroxyl groups is 4. The summed E-state index contributed by atoms with van der Waals surface area (Å²) in [5.74, 6) is -0.315. The molecule has 1 fully saturated rings. The standard InChI is InChI=1S/C37H66O8/c1-4-5-14-20-30(39)24-25-33-32(34(40)26-35(33)41)21-16-12-13-18-23-37(43)45-31(27-38)28-44-36(42)22-17-11-9-7-6-8-10-15-19-29(2)3/h12,16,24-25,29-35,38-41H,4-11,13-15,17-23,26-28H2,1-3H3/b16-12+,25-24+/t30-,31-,32+,33+,34-,35+/m0/s1. The van der Waals surface area contributed by atoms with Crippen LogP contribution in [-0.2, 0) is 19.1 Å². The summed E-state index contributed by atoms with van der Waals surface area (Å²) in [6, 6.07) is 0. The van der Waals surface area contributed by atoms with Gasteiger partial charge in [0.05, 0.1) is 24.9 Å². The van der Waals surface area contributed by atoms with Gasteiger partial charge >= 0.3 is 11.9 Å². The van der Waals surface area contributed by atoms with Crippen LogP contribution in [-0.4, -0.2) is 70.0 Å². The number of rotatable bonds is 27. The molecule has 1 aliphatic carbocycles. The highest BCUT2D eigenvalue weighted by Crippen LogP contribution is 2.36. The summed E-state index contributed by atoms with van der Waals surface area (Å²) >= 11 is 0. The van der Waals surface area contributed by atoms with Gasteiger partial charge in [0.1, 0.15) is 6.61 Å². The number of allylic oxidation sites excluding steroid dienone is 2. The number of aliphatic hydroxyl groups excluding tert-OH is 4. The SMILES string of the molecule is CCCCC[C@H](O)/C=C/[C@@H]1[C@@H](C/C=C/CCCC(=O)O[C@@H](CO)COC(=O)CCCCCCCCCCC(C)C)[C@@H](O)C[C@H]1O. The highest BCUT2D eigenvalue weighted by atomic mass is 16.6. The molecule has 0 unspecified atom stereocenters. The van der Waals surface area contributed by atoms with E-state index >= 15 is 0 Å². The fourth-order valence-corrected chi connectivity index (χ4v) is 5.91. The maximum absolute atomic E-state index is 12.2. The Morgan fingerprint density at radius 1 is 0.822 bits per heavy atom. The van der Waals surface area contributed by atoms with E-state index in [0.717, 1.165) is 44.4 Å². The number of carbonyl (C=O) groups excluding carboxylic acids is 2. The summed E-state index contributed by atoms with van der Waals surface area (Å²) in [5.41, 5.74) is 0. The van der Waals surface area contributed by atoms with Crippen LogP contribution in [0.1, 0.15) is 143 Å². The van der Waals surface area contributed by atoms with Gasteiger partial charge in [-0.1, -0.05) is 116 Å². The second-order valence-corrected chi connectivity index (χ2v) is 13.4. The van der Waals surface area contributed by atoms with Crippen molar-refractivity contribution in [3.05, 3.63) is 24.3 Å². The van der Waals surface area contributed by atoms with Gasteiger partial charge in [0, 0.05) is 25.2 Å². The van der Waals surface area contributed by atoms with E-state index in [4.69, 9.17) is 9.47 Å². The third kappa shape index (κ3) is 20.9. The van der Waals surface area contributed by atoms with Crippen LogP contribution in [0.5, 0.6) is 0 Å². The first kappa shape index (κ1) is 41.3. The molecule has 45 heavy (non-hydrogen) atoms. The molecule has 1 rings (SSSR count). The van der Waals surface area contributed by atoms with Gasteiger partial charge in [-0.3, -0.25) is 9.59 Å². The van der Waals surface area contributed by atoms with Crippen molar-refractivity contribution in [1.82, 2.24) is 0 Å². The van der Waals surface area contributed by atoms with Crippen molar-refractivity contribution in [1.29, 1.82) is 0 Å². The van der Waals surface area contributed by atoms with Gasteiger partial charge in [-0.05, 0) is 43.9 Å². The molecule has 8 heteroatoms. The maximum Gasteiger partial charge on any atom is 0.306 e. The van der Waals surface area contributed by atoms with E-state index < -0.39 is 37.0 Å². The number of hydrogen-bond acceptors (Lipinski definition) is 8. The van der Waals surface area contributed by atoms with Crippen molar-refractivity contribution in [3.8, 4) is 0 Å². The minimum atomic E-state index is -0.863. The summed E-state index contributed by atoms with van der Waals surface area (Å²) < 4.78 is 10.5. The van der Waals surface area contributed by atoms with Crippen molar-refractivity contribution in [2.75, 3.05) is 13.2 Å². The van der Waals surface area contributed by atoms with Gasteiger partial charge in [-0.25, -0.2) is 0 Å². The monoisotopic (exact) mass is 638 g/mol. The van der Waals surface area contributed by atoms with Crippen LogP contribution in [0.25, 0.3) is 0 Å². The van der Waals surface area contributed by atoms with E-state index in [1.54, 1.807) is 6.08 Å². The molecule has 0 radical (unpaired) electrons. The van der Waals surface area contributed by atoms with Gasteiger partial charge in [-0.15, -0.1) is 0 Å². The van der Waals surface area contributed by atoms with Gasteiger partial charge in [0.15, 0.2) is 6.10 Å². The number of carbonyl (C=O) groups is 2. The van der Waals surface area contributed by atoms with Gasteiger partial charge < -0.3 is 29.9 Å². The zero-order chi connectivity index (χ0) is 33.3. The molecular weight excluding hydrogens is 572 g/mol. The molecule has 1 aliphatic rings. The van der Waals surface area contributed by atoms with Crippen LogP contribution in [0.3, 0.4) is 0 Å². The van der Waals surface area contributed by atoms with E-state index in [2.05, 4.69) is 20.8 Å². The molecular formula is C37H66O8. The van der Waals surface area contributed by atoms with E-state index in [1.165, 1.54) is 38.5 Å². The first-order chi connectivity index (χ1) is 21.7. The zero-order valence-electron chi connectivity index (χ0n) is 28.6. The Labute approximate surface area is 273 Å². The second-order valence-electron chi connectivity index (χ2n) is 13.4. The molecule has 0 amide bonds. The molecule has 0 aliphatic heterocycles. The minimum absolute atomic E-state index is 0.123. The average molecular weight is 639 g/mol. The van der Waals surface area contributed by atoms with Crippen LogP contribution in [0.4, 0.5) is 0 Å². The molecule has 0 aromatic carbocycles. The van der Waals surface area contributed by atoms with E-state index in [-0.39, 0.29) is 30.8 Å². The van der Waals surface area contributed by atoms with Crippen LogP contribution >= 0.6 is 0 Å². The topological polar surface area (TPSA) is 134 Å². The van der Waals surface area contributed by atoms with E-state index in [0.29, 0.717) is 38.5 Å². The lowest BCUT2D eigenvalue weighted by atomic mass is 9.89.